The monoisotopic (exact) mass is 680 g/mol. The van der Waals surface area contributed by atoms with E-state index in [-0.39, 0.29) is 0 Å². The van der Waals surface area contributed by atoms with Gasteiger partial charge in [-0.2, -0.15) is 4.80 Å². The van der Waals surface area contributed by atoms with Crippen LogP contribution in [0, 0.1) is 0 Å². The molecule has 0 bridgehead atoms. The Bertz CT molecular complexity index is 2630. The summed E-state index contributed by atoms with van der Waals surface area (Å²) in [4.78, 5) is 6.00. The van der Waals surface area contributed by atoms with Gasteiger partial charge in [0.1, 0.15) is 11.4 Å². The molecule has 2 aromatic heterocycles. The van der Waals surface area contributed by atoms with Crippen molar-refractivity contribution in [1.29, 1.82) is 0 Å². The highest BCUT2D eigenvalue weighted by molar-refractivity contribution is 6.05. The van der Waals surface area contributed by atoms with Gasteiger partial charge < -0.3 is 0 Å². The number of fused-ring (bicyclic) bond motifs is 1. The van der Waals surface area contributed by atoms with Crippen LogP contribution in [-0.4, -0.2) is 20.0 Å². The topological polar surface area (TPSA) is 43.6 Å². The Balaban J connectivity index is 1.22. The number of allylic oxidation sites excluding steroid dienone is 2. The molecule has 0 radical (unpaired) electrons. The summed E-state index contributed by atoms with van der Waals surface area (Å²) in [6.07, 6.45) is 12.0. The van der Waals surface area contributed by atoms with Crippen LogP contribution in [0.25, 0.3) is 74.2 Å². The minimum absolute atomic E-state index is 0.656. The average molecular weight is 681 g/mol. The van der Waals surface area contributed by atoms with Crippen LogP contribution in [0.5, 0.6) is 0 Å². The molecule has 0 N–H and O–H groups in total. The van der Waals surface area contributed by atoms with Crippen molar-refractivity contribution >= 4 is 46.2 Å². The van der Waals surface area contributed by atoms with Crippen LogP contribution in [0.1, 0.15) is 33.6 Å². The molecule has 2 heterocycles. The predicted molar refractivity (Wildman–Crippen MR) is 223 cm³/mol. The number of nitrogens with zero attached hydrogens (tertiary/aromatic N) is 4. The SMILES string of the molecule is C=C(C(=C)c1nn(-c2cccc(-c3cccnc3)c2)nc1/C=C/c1cc(-c2ccccc2)cc2ccccc12)c1ccccc1/C=C/c1ccccc1. The van der Waals surface area contributed by atoms with Gasteiger partial charge in [0.2, 0.25) is 0 Å². The summed E-state index contributed by atoms with van der Waals surface area (Å²) >= 11 is 0. The predicted octanol–water partition coefficient (Wildman–Crippen LogP) is 12.2. The third-order valence-electron chi connectivity index (χ3n) is 9.32. The van der Waals surface area contributed by atoms with E-state index in [1.807, 2.05) is 72.9 Å². The van der Waals surface area contributed by atoms with Crippen molar-refractivity contribution in [2.24, 2.45) is 0 Å². The number of pyridine rings is 1. The first kappa shape index (κ1) is 33.0. The van der Waals surface area contributed by atoms with Crippen molar-refractivity contribution in [1.82, 2.24) is 20.0 Å². The van der Waals surface area contributed by atoms with E-state index in [0.29, 0.717) is 17.0 Å². The Labute approximate surface area is 310 Å². The molecule has 8 rings (SSSR count). The summed E-state index contributed by atoms with van der Waals surface area (Å²) < 4.78 is 0. The van der Waals surface area contributed by atoms with Gasteiger partial charge in [-0.25, -0.2) is 0 Å². The zero-order valence-electron chi connectivity index (χ0n) is 29.2. The van der Waals surface area contributed by atoms with Gasteiger partial charge in [-0.15, -0.1) is 10.2 Å². The largest absolute Gasteiger partial charge is 0.264 e. The van der Waals surface area contributed by atoms with Crippen molar-refractivity contribution in [2.45, 2.75) is 0 Å². The third-order valence-corrected chi connectivity index (χ3v) is 9.32. The van der Waals surface area contributed by atoms with E-state index in [0.717, 1.165) is 61.2 Å². The molecule has 0 spiro atoms. The summed E-state index contributed by atoms with van der Waals surface area (Å²) in [5, 5.41) is 12.5. The van der Waals surface area contributed by atoms with E-state index in [2.05, 4.69) is 133 Å². The maximum absolute atomic E-state index is 5.09. The first-order valence-corrected chi connectivity index (χ1v) is 17.6. The van der Waals surface area contributed by atoms with E-state index in [1.54, 1.807) is 11.0 Å². The van der Waals surface area contributed by atoms with Crippen LogP contribution < -0.4 is 0 Å². The van der Waals surface area contributed by atoms with Crippen molar-refractivity contribution < 1.29 is 0 Å². The standard InChI is InChI=1S/C49H36N4/c1-35(46-24-11-9-19-39(46)27-26-37-15-5-3-6-16-37)36(2)49-48(51-53(52-49)45-23-13-21-40(33-45)43-22-14-30-50-34-43)29-28-42-32-44(38-17-7-4-8-18-38)31-41-20-10-12-25-47(41)42/h3-34H,1-2H2/b27-26+,29-28+. The number of benzene rings is 6. The molecular formula is C49H36N4. The van der Waals surface area contributed by atoms with Gasteiger partial charge in [-0.05, 0) is 91.7 Å². The highest BCUT2D eigenvalue weighted by Crippen LogP contribution is 2.34. The van der Waals surface area contributed by atoms with Gasteiger partial charge in [-0.3, -0.25) is 4.98 Å². The molecule has 0 unspecified atom stereocenters. The number of hydrogen-bond donors (Lipinski definition) is 0. The van der Waals surface area contributed by atoms with Crippen LogP contribution in [-0.2, 0) is 0 Å². The lowest BCUT2D eigenvalue weighted by Gasteiger charge is -2.12. The zero-order chi connectivity index (χ0) is 36.0. The van der Waals surface area contributed by atoms with Gasteiger partial charge in [-0.1, -0.05) is 159 Å². The summed E-state index contributed by atoms with van der Waals surface area (Å²) in [6.45, 7) is 9.13. The molecule has 53 heavy (non-hydrogen) atoms. The molecule has 4 heteroatoms. The second-order valence-corrected chi connectivity index (χ2v) is 12.8. The second kappa shape index (κ2) is 15.0. The van der Waals surface area contributed by atoms with Crippen LogP contribution in [0.2, 0.25) is 0 Å². The van der Waals surface area contributed by atoms with E-state index in [9.17, 15) is 0 Å². The maximum atomic E-state index is 5.09. The second-order valence-electron chi connectivity index (χ2n) is 12.8. The maximum Gasteiger partial charge on any atom is 0.120 e. The molecule has 6 aromatic carbocycles. The lowest BCUT2D eigenvalue weighted by atomic mass is 9.93. The van der Waals surface area contributed by atoms with Crippen molar-refractivity contribution in [3.8, 4) is 27.9 Å². The van der Waals surface area contributed by atoms with Gasteiger partial charge >= 0.3 is 0 Å². The molecule has 0 saturated carbocycles. The van der Waals surface area contributed by atoms with Crippen LogP contribution in [0.4, 0.5) is 0 Å². The zero-order valence-corrected chi connectivity index (χ0v) is 29.2. The van der Waals surface area contributed by atoms with Gasteiger partial charge in [0.05, 0.1) is 5.69 Å². The Morgan fingerprint density at radius 1 is 0.509 bits per heavy atom. The van der Waals surface area contributed by atoms with Crippen LogP contribution in [0.15, 0.2) is 183 Å². The van der Waals surface area contributed by atoms with E-state index in [1.165, 1.54) is 5.39 Å². The summed E-state index contributed by atoms with van der Waals surface area (Å²) in [7, 11) is 0. The molecular weight excluding hydrogens is 645 g/mol. The number of aromatic nitrogens is 4. The van der Waals surface area contributed by atoms with Gasteiger partial charge in [0.15, 0.2) is 0 Å². The fraction of sp³-hybridized carbons (Fsp3) is 0. The molecule has 8 aromatic rings. The molecule has 0 fully saturated rings. The smallest absolute Gasteiger partial charge is 0.120 e. The minimum Gasteiger partial charge on any atom is -0.264 e. The summed E-state index contributed by atoms with van der Waals surface area (Å²) in [5.74, 6) is 0. The fourth-order valence-corrected chi connectivity index (χ4v) is 6.52. The molecule has 0 aliphatic rings. The number of rotatable bonds is 10. The van der Waals surface area contributed by atoms with Crippen molar-refractivity contribution in [2.75, 3.05) is 0 Å². The Hall–Kier alpha value is -7.17. The highest BCUT2D eigenvalue weighted by atomic mass is 15.5. The van der Waals surface area contributed by atoms with Crippen LogP contribution in [0.3, 0.4) is 0 Å². The van der Waals surface area contributed by atoms with Gasteiger partial charge in [0.25, 0.3) is 0 Å². The van der Waals surface area contributed by atoms with Crippen molar-refractivity contribution in [3.63, 3.8) is 0 Å². The Kier molecular flexibility index (Phi) is 9.33. The molecule has 0 aliphatic heterocycles. The van der Waals surface area contributed by atoms with Gasteiger partial charge in [0, 0.05) is 23.5 Å². The molecule has 0 atom stereocenters. The average Bonchev–Trinajstić information content (AvgIpc) is 3.67. The lowest BCUT2D eigenvalue weighted by molar-refractivity contribution is 0.748. The molecule has 0 saturated heterocycles. The fourth-order valence-electron chi connectivity index (χ4n) is 6.52. The Morgan fingerprint density at radius 2 is 1.23 bits per heavy atom. The quantitative estimate of drug-likeness (QED) is 0.107. The first-order chi connectivity index (χ1) is 26.1. The molecule has 0 aliphatic carbocycles. The molecule has 4 nitrogen and oxygen atoms in total. The number of hydrogen-bond acceptors (Lipinski definition) is 3. The first-order valence-electron chi connectivity index (χ1n) is 17.6. The van der Waals surface area contributed by atoms with E-state index in [4.69, 9.17) is 10.2 Å². The van der Waals surface area contributed by atoms with Crippen molar-refractivity contribution in [3.05, 3.63) is 217 Å². The minimum atomic E-state index is 0.656. The summed E-state index contributed by atoms with van der Waals surface area (Å²) in [6, 6.07) is 54.1. The highest BCUT2D eigenvalue weighted by Gasteiger charge is 2.18. The molecule has 252 valence electrons. The summed E-state index contributed by atoms with van der Waals surface area (Å²) in [5.41, 5.74) is 12.2. The van der Waals surface area contributed by atoms with E-state index >= 15 is 0 Å². The molecule has 0 amide bonds. The third kappa shape index (κ3) is 7.21. The van der Waals surface area contributed by atoms with Crippen LogP contribution >= 0.6 is 0 Å². The Morgan fingerprint density at radius 3 is 2.06 bits per heavy atom. The normalized spacial score (nSPS) is 11.4. The van der Waals surface area contributed by atoms with E-state index < -0.39 is 0 Å². The lowest BCUT2D eigenvalue weighted by Crippen LogP contribution is -2.00.